The van der Waals surface area contributed by atoms with Crippen molar-refractivity contribution in [3.8, 4) is 6.07 Å². The molecule has 7 heteroatoms. The van der Waals surface area contributed by atoms with Crippen molar-refractivity contribution in [2.75, 3.05) is 9.93 Å². The molecule has 0 bridgehead atoms. The van der Waals surface area contributed by atoms with Crippen LogP contribution in [0.1, 0.15) is 11.1 Å². The average molecular weight is 263 g/mol. The largest absolute Gasteiger partial charge is 0.282 e. The monoisotopic (exact) mass is 262 g/mol. The first kappa shape index (κ1) is 12.7. The molecule has 1 rings (SSSR count). The van der Waals surface area contributed by atoms with E-state index in [0.29, 0.717) is 0 Å². The molecule has 0 aromatic heterocycles. The number of sulfonamides is 1. The van der Waals surface area contributed by atoms with Crippen LogP contribution in [0.4, 0.5) is 10.1 Å². The molecule has 0 saturated carbocycles. The zero-order valence-corrected chi connectivity index (χ0v) is 9.86. The number of hydrogen-bond acceptors (Lipinski definition) is 3. The van der Waals surface area contributed by atoms with Crippen LogP contribution >= 0.6 is 11.6 Å². The highest BCUT2D eigenvalue weighted by atomic mass is 35.5. The fourth-order valence-electron chi connectivity index (χ4n) is 1.04. The van der Waals surface area contributed by atoms with E-state index in [1.807, 2.05) is 0 Å². The Morgan fingerprint density at radius 1 is 1.56 bits per heavy atom. The summed E-state index contributed by atoms with van der Waals surface area (Å²) in [5.74, 6) is -0.647. The summed E-state index contributed by atoms with van der Waals surface area (Å²) in [7, 11) is -3.70. The number of rotatable bonds is 3. The minimum atomic E-state index is -3.70. The summed E-state index contributed by atoms with van der Waals surface area (Å²) >= 11 is 5.20. The molecular weight excluding hydrogens is 255 g/mol. The predicted molar refractivity (Wildman–Crippen MR) is 59.1 cm³/mol. The van der Waals surface area contributed by atoms with Crippen LogP contribution in [0.25, 0.3) is 0 Å². The number of nitriles is 1. The van der Waals surface area contributed by atoms with E-state index in [0.717, 1.165) is 6.07 Å². The first-order valence-electron chi connectivity index (χ1n) is 4.16. The van der Waals surface area contributed by atoms with Gasteiger partial charge in [0.1, 0.15) is 11.0 Å². The Kier molecular flexibility index (Phi) is 3.73. The summed E-state index contributed by atoms with van der Waals surface area (Å²) in [5.41, 5.74) is 0.181. The van der Waals surface area contributed by atoms with Crippen LogP contribution in [0, 0.1) is 24.1 Å². The molecule has 16 heavy (non-hydrogen) atoms. The summed E-state index contributed by atoms with van der Waals surface area (Å²) in [6.45, 7) is 1.41. The van der Waals surface area contributed by atoms with Gasteiger partial charge in [0.2, 0.25) is 10.0 Å². The number of nitrogens with zero attached hydrogens (tertiary/aromatic N) is 1. The molecule has 0 saturated heterocycles. The van der Waals surface area contributed by atoms with Gasteiger partial charge in [-0.3, -0.25) is 4.72 Å². The smallest absolute Gasteiger partial charge is 0.246 e. The van der Waals surface area contributed by atoms with Crippen molar-refractivity contribution in [2.45, 2.75) is 6.92 Å². The van der Waals surface area contributed by atoms with Crippen LogP contribution in [0.2, 0.25) is 0 Å². The number of halogens is 2. The molecule has 4 nitrogen and oxygen atoms in total. The molecule has 0 heterocycles. The minimum Gasteiger partial charge on any atom is -0.282 e. The van der Waals surface area contributed by atoms with E-state index in [9.17, 15) is 12.8 Å². The summed E-state index contributed by atoms with van der Waals surface area (Å²) in [6.07, 6.45) is 0. The number of nitrogens with one attached hydrogen (secondary N) is 1. The summed E-state index contributed by atoms with van der Waals surface area (Å²) in [4.78, 5) is 0. The predicted octanol–water partition coefficient (Wildman–Crippen LogP) is 1.94. The molecule has 0 atom stereocenters. The fourth-order valence-corrected chi connectivity index (χ4v) is 1.81. The van der Waals surface area contributed by atoms with Crippen molar-refractivity contribution in [1.82, 2.24) is 0 Å². The second-order valence-corrected chi connectivity index (χ2v) is 5.37. The maximum Gasteiger partial charge on any atom is 0.246 e. The van der Waals surface area contributed by atoms with Crippen LogP contribution in [-0.4, -0.2) is 13.6 Å². The van der Waals surface area contributed by atoms with Gasteiger partial charge in [-0.2, -0.15) is 5.26 Å². The molecular formula is C9H8ClFN2O2S. The Hall–Kier alpha value is -1.32. The van der Waals surface area contributed by atoms with E-state index in [1.54, 1.807) is 6.07 Å². The third-order valence-corrected chi connectivity index (χ3v) is 3.56. The molecule has 0 aliphatic heterocycles. The van der Waals surface area contributed by atoms with E-state index in [2.05, 4.69) is 4.72 Å². The standard InChI is InChI=1S/C9H8ClFN2O2S/c1-6-8(11)2-7(4-12)3-9(6)13-16(14,15)5-10/h2-3,13H,5H2,1H3. The third-order valence-electron chi connectivity index (χ3n) is 1.88. The minimum absolute atomic E-state index is 0.0252. The van der Waals surface area contributed by atoms with Crippen molar-refractivity contribution in [1.29, 1.82) is 5.26 Å². The normalized spacial score (nSPS) is 10.9. The van der Waals surface area contributed by atoms with Crippen LogP contribution in [-0.2, 0) is 10.0 Å². The van der Waals surface area contributed by atoms with Gasteiger partial charge in [0, 0.05) is 5.56 Å². The molecule has 86 valence electrons. The highest BCUT2D eigenvalue weighted by Crippen LogP contribution is 2.21. The maximum atomic E-state index is 13.3. The van der Waals surface area contributed by atoms with Gasteiger partial charge < -0.3 is 0 Å². The Labute approximate surface area is 97.7 Å². The molecule has 0 amide bonds. The van der Waals surface area contributed by atoms with Crippen molar-refractivity contribution in [3.63, 3.8) is 0 Å². The SMILES string of the molecule is Cc1c(F)cc(C#N)cc1NS(=O)(=O)CCl. The summed E-state index contributed by atoms with van der Waals surface area (Å²) in [6, 6.07) is 4.02. The average Bonchev–Trinajstić information content (AvgIpc) is 2.24. The van der Waals surface area contributed by atoms with Gasteiger partial charge in [-0.25, -0.2) is 12.8 Å². The maximum absolute atomic E-state index is 13.3. The lowest BCUT2D eigenvalue weighted by Crippen LogP contribution is -2.14. The second kappa shape index (κ2) is 4.68. The van der Waals surface area contributed by atoms with Crippen LogP contribution in [0.15, 0.2) is 12.1 Å². The number of anilines is 1. The lowest BCUT2D eigenvalue weighted by molar-refractivity contribution is 0.605. The van der Waals surface area contributed by atoms with E-state index < -0.39 is 21.1 Å². The third kappa shape index (κ3) is 2.84. The van der Waals surface area contributed by atoms with Gasteiger partial charge in [0.05, 0.1) is 17.3 Å². The fraction of sp³-hybridized carbons (Fsp3) is 0.222. The lowest BCUT2D eigenvalue weighted by atomic mass is 10.1. The molecule has 1 aromatic rings. The quantitative estimate of drug-likeness (QED) is 0.847. The highest BCUT2D eigenvalue weighted by molar-refractivity contribution is 7.93. The molecule has 1 N–H and O–H groups in total. The topological polar surface area (TPSA) is 70.0 Å². The van der Waals surface area contributed by atoms with Gasteiger partial charge in [-0.05, 0) is 19.1 Å². The van der Waals surface area contributed by atoms with Crippen molar-refractivity contribution in [3.05, 3.63) is 29.1 Å². The number of alkyl halides is 1. The molecule has 0 radical (unpaired) electrons. The second-order valence-electron chi connectivity index (χ2n) is 3.07. The molecule has 0 aliphatic carbocycles. The molecule has 1 aromatic carbocycles. The number of benzene rings is 1. The van der Waals surface area contributed by atoms with Crippen molar-refractivity contribution >= 4 is 27.3 Å². The van der Waals surface area contributed by atoms with Gasteiger partial charge in [0.25, 0.3) is 0 Å². The van der Waals surface area contributed by atoms with Gasteiger partial charge in [-0.1, -0.05) is 0 Å². The first-order valence-corrected chi connectivity index (χ1v) is 6.35. The molecule has 0 fully saturated rings. The highest BCUT2D eigenvalue weighted by Gasteiger charge is 2.13. The van der Waals surface area contributed by atoms with Crippen molar-refractivity contribution < 1.29 is 12.8 Å². The van der Waals surface area contributed by atoms with Gasteiger partial charge in [-0.15, -0.1) is 11.6 Å². The molecule has 0 spiro atoms. The Bertz CT molecular complexity index is 551. The van der Waals surface area contributed by atoms with E-state index >= 15 is 0 Å². The molecule has 0 unspecified atom stereocenters. The zero-order chi connectivity index (χ0) is 12.3. The Balaban J connectivity index is 3.25. The summed E-state index contributed by atoms with van der Waals surface area (Å²) in [5, 5.41) is 7.98. The molecule has 0 aliphatic rings. The van der Waals surface area contributed by atoms with E-state index in [-0.39, 0.29) is 16.8 Å². The Morgan fingerprint density at radius 2 is 2.19 bits per heavy atom. The van der Waals surface area contributed by atoms with Crippen LogP contribution in [0.5, 0.6) is 0 Å². The van der Waals surface area contributed by atoms with Crippen LogP contribution in [0.3, 0.4) is 0 Å². The number of hydrogen-bond donors (Lipinski definition) is 1. The van der Waals surface area contributed by atoms with Crippen LogP contribution < -0.4 is 4.72 Å². The van der Waals surface area contributed by atoms with Gasteiger partial charge >= 0.3 is 0 Å². The van der Waals surface area contributed by atoms with E-state index in [4.69, 9.17) is 16.9 Å². The summed E-state index contributed by atoms with van der Waals surface area (Å²) < 4.78 is 37.8. The Morgan fingerprint density at radius 3 is 2.69 bits per heavy atom. The van der Waals surface area contributed by atoms with Crippen molar-refractivity contribution in [2.24, 2.45) is 0 Å². The first-order chi connectivity index (χ1) is 7.39. The van der Waals surface area contributed by atoms with E-state index in [1.165, 1.54) is 13.0 Å². The van der Waals surface area contributed by atoms with Gasteiger partial charge in [0.15, 0.2) is 0 Å². The lowest BCUT2D eigenvalue weighted by Gasteiger charge is -2.09. The zero-order valence-electron chi connectivity index (χ0n) is 8.29.